The van der Waals surface area contributed by atoms with Crippen LogP contribution in [0.4, 0.5) is 5.69 Å². The molecular formula is C8H12N2S. The van der Waals surface area contributed by atoms with Gasteiger partial charge in [-0.2, -0.15) is 0 Å². The zero-order chi connectivity index (χ0) is 8.43. The van der Waals surface area contributed by atoms with E-state index in [1.54, 1.807) is 0 Å². The van der Waals surface area contributed by atoms with Gasteiger partial charge in [0.2, 0.25) is 0 Å². The summed E-state index contributed by atoms with van der Waals surface area (Å²) in [6.07, 6.45) is 0. The molecule has 1 rings (SSSR count). The fourth-order valence-electron chi connectivity index (χ4n) is 0.844. The van der Waals surface area contributed by atoms with Gasteiger partial charge in [0.25, 0.3) is 0 Å². The molecule has 0 aliphatic carbocycles. The van der Waals surface area contributed by atoms with E-state index in [0.717, 1.165) is 10.5 Å². The highest BCUT2D eigenvalue weighted by molar-refractivity contribution is 7.80. The average Bonchev–Trinajstić information content (AvgIpc) is 1.94. The molecule has 0 saturated heterocycles. The number of hydrogen-bond acceptors (Lipinski definition) is 3. The smallest absolute Gasteiger partial charge is 0.0449 e. The van der Waals surface area contributed by atoms with Crippen molar-refractivity contribution >= 4 is 18.3 Å². The molecule has 0 amide bonds. The molecule has 11 heavy (non-hydrogen) atoms. The van der Waals surface area contributed by atoms with Gasteiger partial charge in [-0.25, -0.2) is 0 Å². The number of hydrogen-bond donors (Lipinski definition) is 3. The van der Waals surface area contributed by atoms with Crippen LogP contribution in [0.2, 0.25) is 0 Å². The first kappa shape index (κ1) is 8.43. The van der Waals surface area contributed by atoms with E-state index in [1.807, 2.05) is 25.1 Å². The second kappa shape index (κ2) is 3.15. The number of anilines is 1. The highest BCUT2D eigenvalue weighted by Crippen LogP contribution is 2.20. The van der Waals surface area contributed by atoms with Gasteiger partial charge in [-0.3, -0.25) is 0 Å². The van der Waals surface area contributed by atoms with Gasteiger partial charge in [-0.05, 0) is 24.6 Å². The Labute approximate surface area is 72.0 Å². The number of nitrogen functional groups attached to an aromatic ring is 1. The van der Waals surface area contributed by atoms with Crippen LogP contribution in [0, 0.1) is 0 Å². The molecule has 3 heteroatoms. The van der Waals surface area contributed by atoms with Crippen LogP contribution < -0.4 is 11.5 Å². The van der Waals surface area contributed by atoms with Gasteiger partial charge in [0.1, 0.15) is 0 Å². The van der Waals surface area contributed by atoms with E-state index in [0.29, 0.717) is 5.69 Å². The lowest BCUT2D eigenvalue weighted by molar-refractivity contribution is 0.815. The van der Waals surface area contributed by atoms with E-state index in [2.05, 4.69) is 12.6 Å². The Morgan fingerprint density at radius 1 is 1.45 bits per heavy atom. The van der Waals surface area contributed by atoms with Crippen molar-refractivity contribution in [2.75, 3.05) is 5.73 Å². The molecule has 1 aromatic carbocycles. The van der Waals surface area contributed by atoms with E-state index >= 15 is 0 Å². The number of thiol groups is 1. The first-order valence-electron chi connectivity index (χ1n) is 3.45. The molecule has 0 spiro atoms. The van der Waals surface area contributed by atoms with Gasteiger partial charge in [0.05, 0.1) is 0 Å². The van der Waals surface area contributed by atoms with E-state index in [-0.39, 0.29) is 6.04 Å². The van der Waals surface area contributed by atoms with Gasteiger partial charge in [0.15, 0.2) is 0 Å². The Bertz CT molecular complexity index is 258. The largest absolute Gasteiger partial charge is 0.398 e. The quantitative estimate of drug-likeness (QED) is 0.440. The van der Waals surface area contributed by atoms with Gasteiger partial charge in [-0.15, -0.1) is 12.6 Å². The molecule has 0 radical (unpaired) electrons. The molecule has 0 aliphatic heterocycles. The fourth-order valence-corrected chi connectivity index (χ4v) is 1.07. The second-order valence-corrected chi connectivity index (χ2v) is 3.09. The SMILES string of the molecule is CC(N)c1ccc(N)c(S)c1. The second-order valence-electron chi connectivity index (χ2n) is 2.61. The summed E-state index contributed by atoms with van der Waals surface area (Å²) in [6.45, 7) is 1.93. The van der Waals surface area contributed by atoms with Crippen LogP contribution in [-0.2, 0) is 0 Å². The molecule has 0 aliphatic rings. The lowest BCUT2D eigenvalue weighted by Gasteiger charge is -2.06. The molecule has 0 saturated carbocycles. The molecular weight excluding hydrogens is 156 g/mol. The molecule has 0 fully saturated rings. The Morgan fingerprint density at radius 3 is 2.55 bits per heavy atom. The topological polar surface area (TPSA) is 52.0 Å². The average molecular weight is 168 g/mol. The predicted molar refractivity (Wildman–Crippen MR) is 50.7 cm³/mol. The van der Waals surface area contributed by atoms with E-state index in [9.17, 15) is 0 Å². The highest BCUT2D eigenvalue weighted by atomic mass is 32.1. The fraction of sp³-hybridized carbons (Fsp3) is 0.250. The van der Waals surface area contributed by atoms with Crippen molar-refractivity contribution in [1.82, 2.24) is 0 Å². The first-order chi connectivity index (χ1) is 5.11. The van der Waals surface area contributed by atoms with Crippen LogP contribution in [0.5, 0.6) is 0 Å². The molecule has 0 aromatic heterocycles. The van der Waals surface area contributed by atoms with Crippen molar-refractivity contribution in [3.05, 3.63) is 23.8 Å². The van der Waals surface area contributed by atoms with Crippen LogP contribution in [0.1, 0.15) is 18.5 Å². The van der Waals surface area contributed by atoms with Gasteiger partial charge >= 0.3 is 0 Å². The molecule has 60 valence electrons. The predicted octanol–water partition coefficient (Wildman–Crippen LogP) is 1.58. The molecule has 1 unspecified atom stereocenters. The van der Waals surface area contributed by atoms with Gasteiger partial charge < -0.3 is 11.5 Å². The molecule has 1 aromatic rings. The third kappa shape index (κ3) is 1.88. The highest BCUT2D eigenvalue weighted by Gasteiger charge is 2.00. The van der Waals surface area contributed by atoms with E-state index in [1.165, 1.54) is 0 Å². The summed E-state index contributed by atoms with van der Waals surface area (Å²) in [5.74, 6) is 0. The summed E-state index contributed by atoms with van der Waals surface area (Å²) in [4.78, 5) is 0.791. The zero-order valence-electron chi connectivity index (χ0n) is 6.41. The summed E-state index contributed by atoms with van der Waals surface area (Å²) in [5, 5.41) is 0. The summed E-state index contributed by atoms with van der Waals surface area (Å²) >= 11 is 4.18. The molecule has 1 atom stereocenters. The third-order valence-corrected chi connectivity index (χ3v) is 1.97. The Hall–Kier alpha value is -0.670. The number of benzene rings is 1. The summed E-state index contributed by atoms with van der Waals surface area (Å²) in [7, 11) is 0. The summed E-state index contributed by atoms with van der Waals surface area (Å²) in [6, 6.07) is 5.67. The maximum atomic E-state index is 5.66. The van der Waals surface area contributed by atoms with Crippen LogP contribution >= 0.6 is 12.6 Å². The lowest BCUT2D eigenvalue weighted by Crippen LogP contribution is -2.05. The van der Waals surface area contributed by atoms with Crippen molar-refractivity contribution in [2.45, 2.75) is 17.9 Å². The third-order valence-electron chi connectivity index (χ3n) is 1.58. The summed E-state index contributed by atoms with van der Waals surface area (Å²) in [5.41, 5.74) is 13.0. The Morgan fingerprint density at radius 2 is 2.09 bits per heavy atom. The van der Waals surface area contributed by atoms with E-state index < -0.39 is 0 Å². The number of rotatable bonds is 1. The minimum Gasteiger partial charge on any atom is -0.398 e. The number of nitrogens with two attached hydrogens (primary N) is 2. The van der Waals surface area contributed by atoms with Crippen molar-refractivity contribution in [1.29, 1.82) is 0 Å². The van der Waals surface area contributed by atoms with Crippen LogP contribution in [-0.4, -0.2) is 0 Å². The normalized spacial score (nSPS) is 13.0. The molecule has 2 nitrogen and oxygen atoms in total. The maximum absolute atomic E-state index is 5.66. The molecule has 0 heterocycles. The van der Waals surface area contributed by atoms with E-state index in [4.69, 9.17) is 11.5 Å². The Kier molecular flexibility index (Phi) is 2.42. The van der Waals surface area contributed by atoms with Crippen LogP contribution in [0.25, 0.3) is 0 Å². The lowest BCUT2D eigenvalue weighted by atomic mass is 10.1. The van der Waals surface area contributed by atoms with Gasteiger partial charge in [0, 0.05) is 16.6 Å². The molecule has 4 N–H and O–H groups in total. The summed E-state index contributed by atoms with van der Waals surface area (Å²) < 4.78 is 0. The van der Waals surface area contributed by atoms with Crippen LogP contribution in [0.15, 0.2) is 23.1 Å². The van der Waals surface area contributed by atoms with Crippen molar-refractivity contribution in [2.24, 2.45) is 5.73 Å². The van der Waals surface area contributed by atoms with Gasteiger partial charge in [-0.1, -0.05) is 6.07 Å². The van der Waals surface area contributed by atoms with Crippen molar-refractivity contribution in [3.8, 4) is 0 Å². The minimum atomic E-state index is 0.0431. The standard InChI is InChI=1S/C8H12N2S/c1-5(9)6-2-3-7(10)8(11)4-6/h2-5,11H,9-10H2,1H3. The molecule has 0 bridgehead atoms. The Balaban J connectivity index is 3.05. The van der Waals surface area contributed by atoms with Crippen molar-refractivity contribution in [3.63, 3.8) is 0 Å². The minimum absolute atomic E-state index is 0.0431. The first-order valence-corrected chi connectivity index (χ1v) is 3.90. The monoisotopic (exact) mass is 168 g/mol. The van der Waals surface area contributed by atoms with Crippen molar-refractivity contribution < 1.29 is 0 Å². The zero-order valence-corrected chi connectivity index (χ0v) is 7.31. The van der Waals surface area contributed by atoms with Crippen LogP contribution in [0.3, 0.4) is 0 Å². The maximum Gasteiger partial charge on any atom is 0.0449 e.